The zero-order chi connectivity index (χ0) is 22.7. The zero-order valence-corrected chi connectivity index (χ0v) is 20.0. The van der Waals surface area contributed by atoms with Gasteiger partial charge in [0.05, 0.1) is 10.2 Å². The van der Waals surface area contributed by atoms with E-state index < -0.39 is 0 Å². The number of hydrogen-bond acceptors (Lipinski definition) is 4. The zero-order valence-electron chi connectivity index (χ0n) is 16.9. The first-order valence-corrected chi connectivity index (χ1v) is 11.6. The molecule has 0 bridgehead atoms. The maximum Gasteiger partial charge on any atom is 0.250 e. The van der Waals surface area contributed by atoms with Crippen molar-refractivity contribution in [1.29, 1.82) is 0 Å². The molecule has 0 aliphatic carbocycles. The number of fused-ring (bicyclic) bond motifs is 1. The van der Waals surface area contributed by atoms with E-state index in [1.807, 2.05) is 30.3 Å². The van der Waals surface area contributed by atoms with E-state index in [1.54, 1.807) is 35.6 Å². The highest BCUT2D eigenvalue weighted by molar-refractivity contribution is 7.80. The standard InChI is InChI=1S/C24H17Cl2N3OS2/c1-14-2-10-20-21(12-14)32-23(28-20)16-4-8-18(9-5-16)27-24(31)29-22(30)11-6-15-3-7-17(25)13-19(15)26/h2-13H,1H3,(H2,27,29,30,31)/b11-6+. The van der Waals surface area contributed by atoms with Crippen LogP contribution in [0.2, 0.25) is 10.0 Å². The number of halogens is 2. The van der Waals surface area contributed by atoms with Gasteiger partial charge in [0.2, 0.25) is 5.91 Å². The molecule has 0 aliphatic heterocycles. The number of thiazole rings is 1. The van der Waals surface area contributed by atoms with Crippen LogP contribution in [0.5, 0.6) is 0 Å². The number of rotatable bonds is 4. The third kappa shape index (κ3) is 5.53. The third-order valence-corrected chi connectivity index (χ3v) is 6.38. The van der Waals surface area contributed by atoms with Crippen molar-refractivity contribution in [1.82, 2.24) is 10.3 Å². The average molecular weight is 498 g/mol. The summed E-state index contributed by atoms with van der Waals surface area (Å²) in [6, 6.07) is 19.0. The van der Waals surface area contributed by atoms with Crippen LogP contribution in [0.1, 0.15) is 11.1 Å². The topological polar surface area (TPSA) is 54.0 Å². The number of anilines is 1. The van der Waals surface area contributed by atoms with Crippen molar-refractivity contribution in [2.75, 3.05) is 5.32 Å². The van der Waals surface area contributed by atoms with Gasteiger partial charge in [0.15, 0.2) is 5.11 Å². The molecule has 0 fully saturated rings. The third-order valence-electron chi connectivity index (χ3n) is 4.55. The Balaban J connectivity index is 1.36. The van der Waals surface area contributed by atoms with Crippen molar-refractivity contribution in [3.05, 3.63) is 87.9 Å². The largest absolute Gasteiger partial charge is 0.332 e. The van der Waals surface area contributed by atoms with Gasteiger partial charge in [-0.1, -0.05) is 35.3 Å². The number of hydrogen-bond donors (Lipinski definition) is 2. The summed E-state index contributed by atoms with van der Waals surface area (Å²) in [5, 5.41) is 7.78. The quantitative estimate of drug-likeness (QED) is 0.233. The van der Waals surface area contributed by atoms with E-state index >= 15 is 0 Å². The van der Waals surface area contributed by atoms with E-state index in [0.29, 0.717) is 15.6 Å². The second-order valence-electron chi connectivity index (χ2n) is 7.01. The predicted molar refractivity (Wildman–Crippen MR) is 140 cm³/mol. The van der Waals surface area contributed by atoms with Crippen molar-refractivity contribution in [2.45, 2.75) is 6.92 Å². The van der Waals surface area contributed by atoms with Crippen LogP contribution in [-0.4, -0.2) is 16.0 Å². The molecule has 32 heavy (non-hydrogen) atoms. The van der Waals surface area contributed by atoms with E-state index in [0.717, 1.165) is 21.8 Å². The molecule has 0 spiro atoms. The minimum atomic E-state index is -0.366. The number of nitrogens with zero attached hydrogens (tertiary/aromatic N) is 1. The summed E-state index contributed by atoms with van der Waals surface area (Å²) in [6.07, 6.45) is 2.96. The van der Waals surface area contributed by atoms with Crippen LogP contribution in [0.25, 0.3) is 26.9 Å². The minimum Gasteiger partial charge on any atom is -0.332 e. The second-order valence-corrected chi connectivity index (χ2v) is 9.29. The Hall–Kier alpha value is -2.77. The molecule has 0 radical (unpaired) electrons. The maximum absolute atomic E-state index is 12.1. The average Bonchev–Trinajstić information content (AvgIpc) is 3.16. The van der Waals surface area contributed by atoms with E-state index in [1.165, 1.54) is 16.3 Å². The number of thiocarbonyl (C=S) groups is 1. The Morgan fingerprint density at radius 2 is 1.84 bits per heavy atom. The fourth-order valence-electron chi connectivity index (χ4n) is 2.97. The van der Waals surface area contributed by atoms with Crippen LogP contribution in [0.3, 0.4) is 0 Å². The highest BCUT2D eigenvalue weighted by Gasteiger charge is 2.08. The predicted octanol–water partition coefficient (Wildman–Crippen LogP) is 7.10. The van der Waals surface area contributed by atoms with Gasteiger partial charge >= 0.3 is 0 Å². The van der Waals surface area contributed by atoms with Crippen molar-refractivity contribution >= 4 is 79.8 Å². The monoisotopic (exact) mass is 497 g/mol. The molecule has 3 aromatic carbocycles. The van der Waals surface area contributed by atoms with Crippen molar-refractivity contribution < 1.29 is 4.79 Å². The SMILES string of the molecule is Cc1ccc2nc(-c3ccc(NC(=S)NC(=O)/C=C/c4ccc(Cl)cc4Cl)cc3)sc2c1. The second kappa shape index (κ2) is 9.79. The molecule has 0 atom stereocenters. The van der Waals surface area contributed by atoms with Crippen LogP contribution >= 0.6 is 46.8 Å². The lowest BCUT2D eigenvalue weighted by atomic mass is 10.2. The van der Waals surface area contributed by atoms with Crippen LogP contribution < -0.4 is 10.6 Å². The van der Waals surface area contributed by atoms with Gasteiger partial charge in [0.25, 0.3) is 0 Å². The highest BCUT2D eigenvalue weighted by Crippen LogP contribution is 2.31. The summed E-state index contributed by atoms with van der Waals surface area (Å²) >= 11 is 18.9. The van der Waals surface area contributed by atoms with Crippen molar-refractivity contribution in [2.24, 2.45) is 0 Å². The van der Waals surface area contributed by atoms with E-state index in [4.69, 9.17) is 40.4 Å². The fourth-order valence-corrected chi connectivity index (χ4v) is 4.73. The van der Waals surface area contributed by atoms with Gasteiger partial charge < -0.3 is 5.32 Å². The number of aromatic nitrogens is 1. The van der Waals surface area contributed by atoms with E-state index in [9.17, 15) is 4.79 Å². The summed E-state index contributed by atoms with van der Waals surface area (Å²) in [4.78, 5) is 16.8. The Bertz CT molecular complexity index is 1350. The van der Waals surface area contributed by atoms with Crippen LogP contribution in [0.4, 0.5) is 5.69 Å². The number of benzene rings is 3. The van der Waals surface area contributed by atoms with Gasteiger partial charge in [-0.05, 0) is 84.9 Å². The Morgan fingerprint density at radius 1 is 1.06 bits per heavy atom. The Labute approximate surface area is 204 Å². The van der Waals surface area contributed by atoms with Gasteiger partial charge in [-0.2, -0.15) is 0 Å². The van der Waals surface area contributed by atoms with E-state index in [2.05, 4.69) is 29.7 Å². The maximum atomic E-state index is 12.1. The summed E-state index contributed by atoms with van der Waals surface area (Å²) in [5.74, 6) is -0.366. The molecule has 4 rings (SSSR count). The molecule has 0 unspecified atom stereocenters. The Morgan fingerprint density at radius 3 is 2.59 bits per heavy atom. The fraction of sp³-hybridized carbons (Fsp3) is 0.0417. The lowest BCUT2D eigenvalue weighted by Gasteiger charge is -2.08. The summed E-state index contributed by atoms with van der Waals surface area (Å²) < 4.78 is 1.17. The molecule has 0 saturated carbocycles. The number of amides is 1. The summed E-state index contributed by atoms with van der Waals surface area (Å²) in [6.45, 7) is 2.07. The molecule has 160 valence electrons. The van der Waals surface area contributed by atoms with Gasteiger partial charge in [0.1, 0.15) is 5.01 Å². The smallest absolute Gasteiger partial charge is 0.250 e. The van der Waals surface area contributed by atoms with Crippen molar-refractivity contribution in [3.63, 3.8) is 0 Å². The molecule has 1 aromatic heterocycles. The van der Waals surface area contributed by atoms with Gasteiger partial charge in [-0.3, -0.25) is 10.1 Å². The number of aryl methyl sites for hydroxylation is 1. The van der Waals surface area contributed by atoms with Crippen LogP contribution in [-0.2, 0) is 4.79 Å². The molecule has 1 amide bonds. The molecule has 4 nitrogen and oxygen atoms in total. The Kier molecular flexibility index (Phi) is 6.86. The van der Waals surface area contributed by atoms with E-state index in [-0.39, 0.29) is 11.0 Å². The molecule has 0 aliphatic rings. The lowest BCUT2D eigenvalue weighted by molar-refractivity contribution is -0.115. The molecule has 0 saturated heterocycles. The van der Waals surface area contributed by atoms with Crippen LogP contribution in [0, 0.1) is 6.92 Å². The molecular weight excluding hydrogens is 481 g/mol. The molecular formula is C24H17Cl2N3OS2. The minimum absolute atomic E-state index is 0.199. The number of carbonyl (C=O) groups excluding carboxylic acids is 1. The first-order valence-electron chi connectivity index (χ1n) is 9.60. The first kappa shape index (κ1) is 22.4. The van der Waals surface area contributed by atoms with Crippen molar-refractivity contribution in [3.8, 4) is 10.6 Å². The summed E-state index contributed by atoms with van der Waals surface area (Å²) in [5.41, 5.74) is 4.68. The summed E-state index contributed by atoms with van der Waals surface area (Å²) in [7, 11) is 0. The molecule has 4 aromatic rings. The number of nitrogens with one attached hydrogen (secondary N) is 2. The van der Waals surface area contributed by atoms with Gasteiger partial charge in [-0.15, -0.1) is 11.3 Å². The molecule has 2 N–H and O–H groups in total. The highest BCUT2D eigenvalue weighted by atomic mass is 35.5. The first-order chi connectivity index (χ1) is 15.4. The normalized spacial score (nSPS) is 11.1. The lowest BCUT2D eigenvalue weighted by Crippen LogP contribution is -2.32. The van der Waals surface area contributed by atoms with Crippen LogP contribution in [0.15, 0.2) is 66.7 Å². The van der Waals surface area contributed by atoms with Gasteiger partial charge in [0, 0.05) is 27.4 Å². The molecule has 1 heterocycles. The molecule has 8 heteroatoms. The van der Waals surface area contributed by atoms with Gasteiger partial charge in [-0.25, -0.2) is 4.98 Å². The number of carbonyl (C=O) groups is 1.